The van der Waals surface area contributed by atoms with Crippen LogP contribution in [0.4, 0.5) is 13.6 Å². The Hall–Kier alpha value is -2.51. The van der Waals surface area contributed by atoms with Crippen LogP contribution in [0.1, 0.15) is 30.1 Å². The second kappa shape index (κ2) is 8.71. The Kier molecular flexibility index (Phi) is 6.94. The molecule has 0 saturated carbocycles. The topological polar surface area (TPSA) is 84.5 Å². The zero-order valence-corrected chi connectivity index (χ0v) is 11.9. The van der Waals surface area contributed by atoms with E-state index in [1.165, 1.54) is 0 Å². The SMILES string of the molecule is CCCCNC(=O)NC(=O)COC(=O)c1cc(F)cc(F)c1. The minimum Gasteiger partial charge on any atom is -0.452 e. The second-order valence-corrected chi connectivity index (χ2v) is 4.39. The number of urea groups is 1. The number of hydrogen-bond acceptors (Lipinski definition) is 4. The van der Waals surface area contributed by atoms with E-state index in [9.17, 15) is 23.2 Å². The number of imide groups is 1. The Bertz CT molecular complexity index is 544. The van der Waals surface area contributed by atoms with Crippen molar-refractivity contribution >= 4 is 17.9 Å². The first kappa shape index (κ1) is 17.5. The zero-order valence-electron chi connectivity index (χ0n) is 11.9. The smallest absolute Gasteiger partial charge is 0.338 e. The molecule has 0 saturated heterocycles. The van der Waals surface area contributed by atoms with Crippen molar-refractivity contribution in [2.75, 3.05) is 13.2 Å². The fourth-order valence-electron chi connectivity index (χ4n) is 1.47. The van der Waals surface area contributed by atoms with Crippen LogP contribution in [0.15, 0.2) is 18.2 Å². The lowest BCUT2D eigenvalue weighted by atomic mass is 10.2. The number of ether oxygens (including phenoxy) is 1. The molecule has 1 rings (SSSR count). The molecule has 0 heterocycles. The molecule has 1 aromatic carbocycles. The minimum atomic E-state index is -1.07. The molecule has 8 heteroatoms. The summed E-state index contributed by atoms with van der Waals surface area (Å²) in [5.41, 5.74) is -0.363. The molecule has 0 radical (unpaired) electrons. The van der Waals surface area contributed by atoms with E-state index in [0.29, 0.717) is 12.6 Å². The summed E-state index contributed by atoms with van der Waals surface area (Å²) in [5, 5.41) is 4.39. The van der Waals surface area contributed by atoms with Gasteiger partial charge in [-0.05, 0) is 18.6 Å². The lowest BCUT2D eigenvalue weighted by molar-refractivity contribution is -0.123. The third-order valence-electron chi connectivity index (χ3n) is 2.50. The van der Waals surface area contributed by atoms with Crippen molar-refractivity contribution in [1.29, 1.82) is 0 Å². The molecule has 0 unspecified atom stereocenters. The molecule has 0 bridgehead atoms. The van der Waals surface area contributed by atoms with Gasteiger partial charge in [0.05, 0.1) is 5.56 Å². The van der Waals surface area contributed by atoms with Crippen LogP contribution in [-0.4, -0.2) is 31.1 Å². The number of amides is 3. The van der Waals surface area contributed by atoms with Crippen molar-refractivity contribution in [3.8, 4) is 0 Å². The highest BCUT2D eigenvalue weighted by Crippen LogP contribution is 2.09. The molecule has 0 spiro atoms. The Labute approximate surface area is 125 Å². The van der Waals surface area contributed by atoms with Crippen LogP contribution >= 0.6 is 0 Å². The van der Waals surface area contributed by atoms with Gasteiger partial charge < -0.3 is 10.1 Å². The molecule has 1 aromatic rings. The first-order valence-corrected chi connectivity index (χ1v) is 6.63. The molecule has 22 heavy (non-hydrogen) atoms. The van der Waals surface area contributed by atoms with Gasteiger partial charge in [0.25, 0.3) is 5.91 Å². The fourth-order valence-corrected chi connectivity index (χ4v) is 1.47. The number of rotatable bonds is 6. The number of halogens is 2. The van der Waals surface area contributed by atoms with E-state index < -0.39 is 36.1 Å². The van der Waals surface area contributed by atoms with Gasteiger partial charge in [-0.25, -0.2) is 18.4 Å². The highest BCUT2D eigenvalue weighted by molar-refractivity contribution is 5.96. The fraction of sp³-hybridized carbons (Fsp3) is 0.357. The molecule has 0 aliphatic carbocycles. The largest absolute Gasteiger partial charge is 0.452 e. The van der Waals surface area contributed by atoms with Gasteiger partial charge in [-0.15, -0.1) is 0 Å². The van der Waals surface area contributed by atoms with E-state index >= 15 is 0 Å². The molecule has 2 N–H and O–H groups in total. The Morgan fingerprint density at radius 3 is 2.36 bits per heavy atom. The maximum atomic E-state index is 12.9. The average molecular weight is 314 g/mol. The average Bonchev–Trinajstić information content (AvgIpc) is 2.44. The van der Waals surface area contributed by atoms with Crippen LogP contribution in [0.3, 0.4) is 0 Å². The van der Waals surface area contributed by atoms with Crippen molar-refractivity contribution in [1.82, 2.24) is 10.6 Å². The summed E-state index contributed by atoms with van der Waals surface area (Å²) < 4.78 is 30.4. The minimum absolute atomic E-state index is 0.363. The maximum Gasteiger partial charge on any atom is 0.338 e. The summed E-state index contributed by atoms with van der Waals surface area (Å²) in [7, 11) is 0. The lowest BCUT2D eigenvalue weighted by Gasteiger charge is -2.07. The van der Waals surface area contributed by atoms with E-state index in [-0.39, 0.29) is 5.56 Å². The summed E-state index contributed by atoms with van der Waals surface area (Å²) in [6, 6.07) is 1.46. The first-order chi connectivity index (χ1) is 10.4. The zero-order chi connectivity index (χ0) is 16.5. The number of nitrogens with one attached hydrogen (secondary N) is 2. The van der Waals surface area contributed by atoms with Gasteiger partial charge in [-0.2, -0.15) is 0 Å². The van der Waals surface area contributed by atoms with Gasteiger partial charge in [0.2, 0.25) is 0 Å². The number of esters is 1. The van der Waals surface area contributed by atoms with Crippen molar-refractivity contribution in [2.45, 2.75) is 19.8 Å². The lowest BCUT2D eigenvalue weighted by Crippen LogP contribution is -2.41. The van der Waals surface area contributed by atoms with E-state index in [0.717, 1.165) is 25.0 Å². The van der Waals surface area contributed by atoms with Gasteiger partial charge in [0.1, 0.15) is 11.6 Å². The van der Waals surface area contributed by atoms with Crippen molar-refractivity contribution in [2.24, 2.45) is 0 Å². The first-order valence-electron chi connectivity index (χ1n) is 6.63. The van der Waals surface area contributed by atoms with Gasteiger partial charge in [0, 0.05) is 12.6 Å². The van der Waals surface area contributed by atoms with E-state index in [1.54, 1.807) is 0 Å². The van der Waals surface area contributed by atoms with Crippen LogP contribution in [0, 0.1) is 11.6 Å². The van der Waals surface area contributed by atoms with E-state index in [1.807, 2.05) is 12.2 Å². The van der Waals surface area contributed by atoms with Gasteiger partial charge in [0.15, 0.2) is 6.61 Å². The highest BCUT2D eigenvalue weighted by Gasteiger charge is 2.14. The predicted octanol–water partition coefficient (Wildman–Crippen LogP) is 1.75. The van der Waals surface area contributed by atoms with Gasteiger partial charge in [-0.1, -0.05) is 13.3 Å². The molecule has 0 atom stereocenters. The molecule has 0 fully saturated rings. The van der Waals surface area contributed by atoms with Crippen LogP contribution in [-0.2, 0) is 9.53 Å². The van der Waals surface area contributed by atoms with Crippen molar-refractivity contribution in [3.05, 3.63) is 35.4 Å². The summed E-state index contributed by atoms with van der Waals surface area (Å²) in [6.45, 7) is 1.62. The van der Waals surface area contributed by atoms with Crippen molar-refractivity contribution < 1.29 is 27.9 Å². The van der Waals surface area contributed by atoms with Gasteiger partial charge >= 0.3 is 12.0 Å². The molecular weight excluding hydrogens is 298 g/mol. The van der Waals surface area contributed by atoms with Crippen molar-refractivity contribution in [3.63, 3.8) is 0 Å². The summed E-state index contributed by atoms with van der Waals surface area (Å²) in [6.07, 6.45) is 1.65. The Morgan fingerprint density at radius 2 is 1.77 bits per heavy atom. The number of carbonyl (C=O) groups excluding carboxylic acids is 3. The second-order valence-electron chi connectivity index (χ2n) is 4.39. The van der Waals surface area contributed by atoms with Gasteiger partial charge in [-0.3, -0.25) is 10.1 Å². The summed E-state index contributed by atoms with van der Waals surface area (Å²) in [4.78, 5) is 34.1. The van der Waals surface area contributed by atoms with E-state index in [4.69, 9.17) is 0 Å². The van der Waals surface area contributed by atoms with E-state index in [2.05, 4.69) is 10.1 Å². The monoisotopic (exact) mass is 314 g/mol. The molecule has 0 aliphatic rings. The standard InChI is InChI=1S/C14H16F2N2O4/c1-2-3-4-17-14(21)18-12(19)8-22-13(20)9-5-10(15)7-11(16)6-9/h5-7H,2-4,8H2,1H3,(H2,17,18,19,21). The number of carbonyl (C=O) groups is 3. The highest BCUT2D eigenvalue weighted by atomic mass is 19.1. The molecule has 0 aromatic heterocycles. The Balaban J connectivity index is 2.40. The van der Waals surface area contributed by atoms with Crippen LogP contribution in [0.5, 0.6) is 0 Å². The maximum absolute atomic E-state index is 12.9. The van der Waals surface area contributed by atoms with Crippen LogP contribution < -0.4 is 10.6 Å². The molecule has 6 nitrogen and oxygen atoms in total. The van der Waals surface area contributed by atoms with Crippen LogP contribution in [0.25, 0.3) is 0 Å². The number of benzene rings is 1. The number of hydrogen-bond donors (Lipinski definition) is 2. The molecule has 120 valence electrons. The quantitative estimate of drug-likeness (QED) is 0.619. The Morgan fingerprint density at radius 1 is 1.14 bits per heavy atom. The normalized spacial score (nSPS) is 9.95. The summed E-state index contributed by atoms with van der Waals surface area (Å²) >= 11 is 0. The predicted molar refractivity (Wildman–Crippen MR) is 73.1 cm³/mol. The van der Waals surface area contributed by atoms with Crippen LogP contribution in [0.2, 0.25) is 0 Å². The molecule has 3 amide bonds. The summed E-state index contributed by atoms with van der Waals surface area (Å²) in [5.74, 6) is -3.79. The number of unbranched alkanes of at least 4 members (excludes halogenated alkanes) is 1. The molecule has 0 aliphatic heterocycles. The third kappa shape index (κ3) is 6.29. The molecular formula is C14H16F2N2O4. The third-order valence-corrected chi connectivity index (χ3v) is 2.50.